The maximum Gasteiger partial charge on any atom is 0.227 e. The van der Waals surface area contributed by atoms with Gasteiger partial charge in [0, 0.05) is 54.5 Å². The van der Waals surface area contributed by atoms with Crippen LogP contribution in [0.1, 0.15) is 22.6 Å². The van der Waals surface area contributed by atoms with Crippen LogP contribution >= 0.6 is 11.3 Å². The Labute approximate surface area is 140 Å². The van der Waals surface area contributed by atoms with Gasteiger partial charge in [0.2, 0.25) is 5.91 Å². The van der Waals surface area contributed by atoms with Crippen molar-refractivity contribution in [2.45, 2.75) is 26.3 Å². The van der Waals surface area contributed by atoms with Gasteiger partial charge in [0.15, 0.2) is 0 Å². The van der Waals surface area contributed by atoms with Crippen molar-refractivity contribution < 1.29 is 4.79 Å². The summed E-state index contributed by atoms with van der Waals surface area (Å²) in [5.74, 6) is 0.242. The van der Waals surface area contributed by atoms with Crippen LogP contribution in [0.3, 0.4) is 0 Å². The molecule has 2 fully saturated rings. The molecule has 2 saturated heterocycles. The van der Waals surface area contributed by atoms with Crippen molar-refractivity contribution in [1.82, 2.24) is 14.7 Å². The third-order valence-electron chi connectivity index (χ3n) is 5.02. The topological polar surface area (TPSA) is 41.4 Å². The Hall–Kier alpha value is -1.66. The summed E-state index contributed by atoms with van der Waals surface area (Å²) in [6, 6.07) is 4.42. The molecule has 5 nitrogen and oxygen atoms in total. The second-order valence-corrected chi connectivity index (χ2v) is 8.37. The number of nitrogens with zero attached hydrogens (tertiary/aromatic N) is 4. The lowest BCUT2D eigenvalue weighted by molar-refractivity contribution is -0.117. The number of hydrogen-bond donors (Lipinski definition) is 0. The number of hydrogen-bond acceptors (Lipinski definition) is 4. The van der Waals surface area contributed by atoms with Crippen molar-refractivity contribution in [2.75, 3.05) is 24.5 Å². The molecule has 0 radical (unpaired) electrons. The van der Waals surface area contributed by atoms with Crippen LogP contribution in [0.2, 0.25) is 0 Å². The molecule has 0 saturated carbocycles. The molecule has 0 unspecified atom stereocenters. The number of aryl methyl sites for hydroxylation is 2. The Kier molecular flexibility index (Phi) is 3.54. The van der Waals surface area contributed by atoms with Crippen LogP contribution in [0.5, 0.6) is 0 Å². The molecule has 2 aromatic rings. The van der Waals surface area contributed by atoms with Gasteiger partial charge in [0.05, 0.1) is 11.9 Å². The first-order chi connectivity index (χ1) is 11.0. The van der Waals surface area contributed by atoms with E-state index in [1.165, 1.54) is 9.75 Å². The first-order valence-corrected chi connectivity index (χ1v) is 8.91. The molecule has 0 N–H and O–H groups in total. The van der Waals surface area contributed by atoms with E-state index in [4.69, 9.17) is 0 Å². The molecule has 0 bridgehead atoms. The van der Waals surface area contributed by atoms with E-state index in [1.54, 1.807) is 10.9 Å². The van der Waals surface area contributed by atoms with Gasteiger partial charge < -0.3 is 4.90 Å². The largest absolute Gasteiger partial charge is 0.309 e. The van der Waals surface area contributed by atoms with Gasteiger partial charge >= 0.3 is 0 Å². The van der Waals surface area contributed by atoms with Gasteiger partial charge in [0.25, 0.3) is 0 Å². The number of carbonyl (C=O) groups is 1. The summed E-state index contributed by atoms with van der Waals surface area (Å²) in [5.41, 5.74) is 1.06. The maximum atomic E-state index is 12.5. The van der Waals surface area contributed by atoms with E-state index in [1.807, 2.05) is 29.5 Å². The summed E-state index contributed by atoms with van der Waals surface area (Å²) in [4.78, 5) is 19.7. The lowest BCUT2D eigenvalue weighted by Crippen LogP contribution is -2.31. The van der Waals surface area contributed by atoms with Gasteiger partial charge in [0.1, 0.15) is 0 Å². The van der Waals surface area contributed by atoms with Gasteiger partial charge in [-0.15, -0.1) is 11.3 Å². The van der Waals surface area contributed by atoms with Crippen molar-refractivity contribution in [2.24, 2.45) is 12.5 Å². The molecule has 2 aliphatic rings. The first kappa shape index (κ1) is 14.9. The van der Waals surface area contributed by atoms with Crippen molar-refractivity contribution in [3.05, 3.63) is 34.3 Å². The third kappa shape index (κ3) is 2.81. The minimum Gasteiger partial charge on any atom is -0.309 e. The van der Waals surface area contributed by atoms with Gasteiger partial charge in [-0.2, -0.15) is 5.10 Å². The molecule has 122 valence electrons. The third-order valence-corrected chi connectivity index (χ3v) is 6.00. The number of carbonyl (C=O) groups excluding carboxylic acids is 1. The van der Waals surface area contributed by atoms with Gasteiger partial charge in [-0.1, -0.05) is 0 Å². The fourth-order valence-electron chi connectivity index (χ4n) is 3.91. The zero-order valence-electron chi connectivity index (χ0n) is 13.7. The van der Waals surface area contributed by atoms with Crippen molar-refractivity contribution in [3.63, 3.8) is 0 Å². The molecule has 4 heterocycles. The lowest BCUT2D eigenvalue weighted by Gasteiger charge is -2.23. The van der Waals surface area contributed by atoms with E-state index >= 15 is 0 Å². The van der Waals surface area contributed by atoms with Crippen LogP contribution < -0.4 is 4.90 Å². The summed E-state index contributed by atoms with van der Waals surface area (Å²) < 4.78 is 1.76. The van der Waals surface area contributed by atoms with Gasteiger partial charge in [-0.25, -0.2) is 0 Å². The number of likely N-dealkylation sites (tertiary alicyclic amines) is 1. The van der Waals surface area contributed by atoms with Crippen molar-refractivity contribution >= 4 is 22.9 Å². The van der Waals surface area contributed by atoms with Crippen LogP contribution in [0.15, 0.2) is 24.5 Å². The van der Waals surface area contributed by atoms with E-state index in [2.05, 4.69) is 29.1 Å². The van der Waals surface area contributed by atoms with E-state index in [0.29, 0.717) is 6.42 Å². The second-order valence-electron chi connectivity index (χ2n) is 7.00. The standard InChI is InChI=1S/C17H22N4OS/c1-13-3-4-15(23-13)10-20-6-5-17(11-20)7-16(22)21(12-17)14-8-18-19(2)9-14/h3-4,8-9H,5-7,10-12H2,1-2H3/t17-/m0/s1. The van der Waals surface area contributed by atoms with Crippen LogP contribution in [0.25, 0.3) is 0 Å². The van der Waals surface area contributed by atoms with E-state index in [0.717, 1.165) is 38.3 Å². The zero-order valence-corrected chi connectivity index (χ0v) is 14.5. The van der Waals surface area contributed by atoms with Crippen LogP contribution in [0.4, 0.5) is 5.69 Å². The fourth-order valence-corrected chi connectivity index (χ4v) is 4.84. The highest BCUT2D eigenvalue weighted by Gasteiger charge is 2.47. The Morgan fingerprint density at radius 2 is 2.22 bits per heavy atom. The molecule has 4 rings (SSSR count). The summed E-state index contributed by atoms with van der Waals surface area (Å²) in [5, 5.41) is 4.20. The Morgan fingerprint density at radius 3 is 2.91 bits per heavy atom. The number of rotatable bonds is 3. The van der Waals surface area contributed by atoms with Crippen molar-refractivity contribution in [3.8, 4) is 0 Å². The SMILES string of the molecule is Cc1ccc(CN2CC[C@]3(CC(=O)N(c4cnn(C)c4)C3)C2)s1. The Bertz CT molecular complexity index is 737. The monoisotopic (exact) mass is 330 g/mol. The second kappa shape index (κ2) is 5.46. The quantitative estimate of drug-likeness (QED) is 0.868. The van der Waals surface area contributed by atoms with E-state index in [-0.39, 0.29) is 11.3 Å². The number of thiophene rings is 1. The highest BCUT2D eigenvalue weighted by atomic mass is 32.1. The molecule has 1 spiro atoms. The predicted octanol–water partition coefficient (Wildman–Crippen LogP) is 2.42. The molecule has 1 atom stereocenters. The number of anilines is 1. The van der Waals surface area contributed by atoms with Crippen LogP contribution in [-0.4, -0.2) is 40.2 Å². The molecular formula is C17H22N4OS. The van der Waals surface area contributed by atoms with E-state index in [9.17, 15) is 4.79 Å². The first-order valence-electron chi connectivity index (χ1n) is 8.10. The molecule has 2 aliphatic heterocycles. The average Bonchev–Trinajstić information content (AvgIpc) is 3.23. The normalized spacial score (nSPS) is 25.1. The zero-order chi connectivity index (χ0) is 16.0. The van der Waals surface area contributed by atoms with Crippen LogP contribution in [0, 0.1) is 12.3 Å². The molecule has 2 aromatic heterocycles. The summed E-state index contributed by atoms with van der Waals surface area (Å²) in [6.07, 6.45) is 5.50. The minimum absolute atomic E-state index is 0.124. The molecular weight excluding hydrogens is 308 g/mol. The smallest absolute Gasteiger partial charge is 0.227 e. The van der Waals surface area contributed by atoms with Gasteiger partial charge in [-0.3, -0.25) is 14.4 Å². The maximum absolute atomic E-state index is 12.5. The molecule has 23 heavy (non-hydrogen) atoms. The highest BCUT2D eigenvalue weighted by molar-refractivity contribution is 7.11. The molecule has 0 aliphatic carbocycles. The Balaban J connectivity index is 1.45. The van der Waals surface area contributed by atoms with Crippen LogP contribution in [-0.2, 0) is 18.4 Å². The fraction of sp³-hybridized carbons (Fsp3) is 0.529. The van der Waals surface area contributed by atoms with E-state index < -0.39 is 0 Å². The average molecular weight is 330 g/mol. The summed E-state index contributed by atoms with van der Waals surface area (Å²) in [6.45, 7) is 6.11. The lowest BCUT2D eigenvalue weighted by atomic mass is 9.86. The summed E-state index contributed by atoms with van der Waals surface area (Å²) in [7, 11) is 1.89. The molecule has 1 amide bonds. The minimum atomic E-state index is 0.124. The number of aromatic nitrogens is 2. The molecule has 0 aromatic carbocycles. The number of amides is 1. The predicted molar refractivity (Wildman–Crippen MR) is 91.6 cm³/mol. The highest BCUT2D eigenvalue weighted by Crippen LogP contribution is 2.42. The van der Waals surface area contributed by atoms with Crippen molar-refractivity contribution in [1.29, 1.82) is 0 Å². The summed E-state index contributed by atoms with van der Waals surface area (Å²) >= 11 is 1.88. The molecule has 6 heteroatoms. The Morgan fingerprint density at radius 1 is 1.35 bits per heavy atom. The van der Waals surface area contributed by atoms with Gasteiger partial charge in [-0.05, 0) is 32.0 Å².